The molecule has 8 nitrogen and oxygen atoms in total. The van der Waals surface area contributed by atoms with Crippen molar-refractivity contribution in [1.82, 2.24) is 9.29 Å². The van der Waals surface area contributed by atoms with Crippen LogP contribution >= 0.6 is 11.3 Å². The number of carbonyl (C=O) groups excluding carboxylic acids is 2. The van der Waals surface area contributed by atoms with Gasteiger partial charge in [0.05, 0.1) is 17.2 Å². The largest absolute Gasteiger partial charge is 0.462 e. The predicted octanol–water partition coefficient (Wildman–Crippen LogP) is 4.02. The zero-order valence-electron chi connectivity index (χ0n) is 18.0. The summed E-state index contributed by atoms with van der Waals surface area (Å²) in [5.74, 6) is -0.963. The Balaban J connectivity index is 1.55. The number of esters is 1. The molecule has 1 aromatic heterocycles. The fourth-order valence-electron chi connectivity index (χ4n) is 3.53. The average molecular weight is 486 g/mol. The Morgan fingerprint density at radius 3 is 2.36 bits per heavy atom. The first-order valence-electron chi connectivity index (χ1n) is 10.5. The summed E-state index contributed by atoms with van der Waals surface area (Å²) in [4.78, 5) is 30.1. The van der Waals surface area contributed by atoms with Crippen molar-refractivity contribution in [2.45, 2.75) is 24.7 Å². The van der Waals surface area contributed by atoms with Crippen molar-refractivity contribution in [2.24, 2.45) is 0 Å². The summed E-state index contributed by atoms with van der Waals surface area (Å²) in [5.41, 5.74) is 1.44. The molecule has 1 amide bonds. The van der Waals surface area contributed by atoms with E-state index in [0.717, 1.165) is 29.7 Å². The Bertz CT molecular complexity index is 1250. The molecule has 33 heavy (non-hydrogen) atoms. The number of ether oxygens (including phenoxy) is 1. The zero-order chi connectivity index (χ0) is 23.4. The van der Waals surface area contributed by atoms with Crippen molar-refractivity contribution in [3.8, 4) is 11.3 Å². The third-order valence-electron chi connectivity index (χ3n) is 5.17. The van der Waals surface area contributed by atoms with Gasteiger partial charge in [0.1, 0.15) is 4.88 Å². The number of rotatable bonds is 7. The van der Waals surface area contributed by atoms with Gasteiger partial charge in [-0.1, -0.05) is 41.7 Å². The molecular weight excluding hydrogens is 462 g/mol. The van der Waals surface area contributed by atoms with Gasteiger partial charge < -0.3 is 4.74 Å². The van der Waals surface area contributed by atoms with Crippen molar-refractivity contribution in [3.63, 3.8) is 0 Å². The number of sulfonamides is 1. The summed E-state index contributed by atoms with van der Waals surface area (Å²) >= 11 is 1.03. The van der Waals surface area contributed by atoms with E-state index in [4.69, 9.17) is 4.74 Å². The maximum atomic E-state index is 12.8. The first-order chi connectivity index (χ1) is 15.9. The molecule has 1 aliphatic heterocycles. The van der Waals surface area contributed by atoms with Gasteiger partial charge >= 0.3 is 5.97 Å². The third kappa shape index (κ3) is 4.97. The molecule has 0 unspecified atom stereocenters. The fraction of sp³-hybridized carbons (Fsp3) is 0.261. The van der Waals surface area contributed by atoms with Gasteiger partial charge in [0.2, 0.25) is 10.0 Å². The number of nitrogens with zero attached hydrogens (tertiary/aromatic N) is 2. The van der Waals surface area contributed by atoms with Crippen LogP contribution in [0.3, 0.4) is 0 Å². The van der Waals surface area contributed by atoms with E-state index in [1.807, 2.05) is 30.3 Å². The van der Waals surface area contributed by atoms with Crippen LogP contribution in [0.4, 0.5) is 5.13 Å². The second-order valence-corrected chi connectivity index (χ2v) is 10.3. The van der Waals surface area contributed by atoms with E-state index in [9.17, 15) is 18.0 Å². The number of anilines is 1. The molecule has 10 heteroatoms. The lowest BCUT2D eigenvalue weighted by atomic mass is 10.1. The first kappa shape index (κ1) is 23.1. The van der Waals surface area contributed by atoms with Gasteiger partial charge in [-0.2, -0.15) is 4.31 Å². The molecule has 1 fully saturated rings. The molecule has 2 aromatic carbocycles. The van der Waals surface area contributed by atoms with E-state index in [1.165, 1.54) is 28.6 Å². The number of amides is 1. The number of benzene rings is 2. The van der Waals surface area contributed by atoms with Crippen molar-refractivity contribution in [2.75, 3.05) is 25.0 Å². The highest BCUT2D eigenvalue weighted by Gasteiger charge is 2.27. The lowest BCUT2D eigenvalue weighted by molar-refractivity contribution is 0.0532. The van der Waals surface area contributed by atoms with Crippen molar-refractivity contribution < 1.29 is 22.7 Å². The van der Waals surface area contributed by atoms with E-state index >= 15 is 0 Å². The van der Waals surface area contributed by atoms with Gasteiger partial charge in [-0.05, 0) is 44.0 Å². The number of hydrogen-bond acceptors (Lipinski definition) is 7. The van der Waals surface area contributed by atoms with Gasteiger partial charge in [0.25, 0.3) is 5.91 Å². The van der Waals surface area contributed by atoms with Gasteiger partial charge in [-0.25, -0.2) is 18.2 Å². The van der Waals surface area contributed by atoms with Gasteiger partial charge in [-0.15, -0.1) is 0 Å². The fourth-order valence-corrected chi connectivity index (χ4v) is 5.92. The molecule has 4 rings (SSSR count). The molecule has 0 atom stereocenters. The lowest BCUT2D eigenvalue weighted by Crippen LogP contribution is -2.27. The normalized spacial score (nSPS) is 14.2. The molecule has 172 valence electrons. The molecule has 1 aliphatic rings. The van der Waals surface area contributed by atoms with Gasteiger partial charge in [0, 0.05) is 24.2 Å². The maximum Gasteiger partial charge on any atom is 0.350 e. The zero-order valence-corrected chi connectivity index (χ0v) is 19.6. The molecule has 0 saturated carbocycles. The first-order valence-corrected chi connectivity index (χ1v) is 12.8. The highest BCUT2D eigenvalue weighted by molar-refractivity contribution is 7.89. The summed E-state index contributed by atoms with van der Waals surface area (Å²) in [6.07, 6.45) is 1.71. The van der Waals surface area contributed by atoms with E-state index in [0.29, 0.717) is 23.7 Å². The van der Waals surface area contributed by atoms with E-state index in [-0.39, 0.29) is 22.2 Å². The third-order valence-corrected chi connectivity index (χ3v) is 8.04. The molecule has 1 N–H and O–H groups in total. The molecule has 0 spiro atoms. The molecular formula is C23H23N3O5S2. The van der Waals surface area contributed by atoms with Crippen LogP contribution in [0.15, 0.2) is 59.5 Å². The molecule has 1 saturated heterocycles. The Hall–Kier alpha value is -3.08. The number of nitrogens with one attached hydrogen (secondary N) is 1. The Morgan fingerprint density at radius 2 is 1.73 bits per heavy atom. The Morgan fingerprint density at radius 1 is 1.06 bits per heavy atom. The van der Waals surface area contributed by atoms with Crippen LogP contribution in [0.1, 0.15) is 39.8 Å². The minimum Gasteiger partial charge on any atom is -0.462 e. The second kappa shape index (κ2) is 9.82. The van der Waals surface area contributed by atoms with Crippen LogP contribution in [-0.4, -0.2) is 49.3 Å². The van der Waals surface area contributed by atoms with Crippen LogP contribution in [0.2, 0.25) is 0 Å². The van der Waals surface area contributed by atoms with Gasteiger partial charge in [-0.3, -0.25) is 10.1 Å². The van der Waals surface area contributed by atoms with Crippen molar-refractivity contribution in [1.29, 1.82) is 0 Å². The number of carbonyl (C=O) groups is 2. The van der Waals surface area contributed by atoms with Crippen LogP contribution in [-0.2, 0) is 14.8 Å². The molecule has 0 aliphatic carbocycles. The van der Waals surface area contributed by atoms with Crippen LogP contribution < -0.4 is 5.32 Å². The Kier molecular flexibility index (Phi) is 6.87. The lowest BCUT2D eigenvalue weighted by Gasteiger charge is -2.15. The summed E-state index contributed by atoms with van der Waals surface area (Å²) in [5, 5.41) is 2.95. The SMILES string of the molecule is CCOC(=O)c1sc(NC(=O)c2ccc(S(=O)(=O)N3CCCC3)cc2)nc1-c1ccccc1. The summed E-state index contributed by atoms with van der Waals surface area (Å²) < 4.78 is 31.9. The van der Waals surface area contributed by atoms with Crippen LogP contribution in [0.25, 0.3) is 11.3 Å². The van der Waals surface area contributed by atoms with Gasteiger partial charge in [0.15, 0.2) is 5.13 Å². The quantitative estimate of drug-likeness (QED) is 0.507. The molecule has 3 aromatic rings. The highest BCUT2D eigenvalue weighted by Crippen LogP contribution is 2.32. The van der Waals surface area contributed by atoms with E-state index in [2.05, 4.69) is 10.3 Å². The van der Waals surface area contributed by atoms with Crippen molar-refractivity contribution in [3.05, 3.63) is 65.0 Å². The summed E-state index contributed by atoms with van der Waals surface area (Å²) in [7, 11) is -3.55. The minimum absolute atomic E-state index is 0.158. The number of aromatic nitrogens is 1. The highest BCUT2D eigenvalue weighted by atomic mass is 32.2. The maximum absolute atomic E-state index is 12.8. The van der Waals surface area contributed by atoms with Crippen LogP contribution in [0, 0.1) is 0 Å². The van der Waals surface area contributed by atoms with E-state index in [1.54, 1.807) is 6.92 Å². The topological polar surface area (TPSA) is 106 Å². The molecule has 2 heterocycles. The second-order valence-electron chi connectivity index (χ2n) is 7.37. The monoisotopic (exact) mass is 485 g/mol. The Labute approximate surface area is 196 Å². The predicted molar refractivity (Wildman–Crippen MR) is 126 cm³/mol. The average Bonchev–Trinajstić information content (AvgIpc) is 3.51. The standard InChI is InChI=1S/C23H23N3O5S2/c1-2-31-22(28)20-19(16-8-4-3-5-9-16)24-23(32-20)25-21(27)17-10-12-18(13-11-17)33(29,30)26-14-6-7-15-26/h3-5,8-13H,2,6-7,14-15H2,1H3,(H,24,25,27). The number of thiazole rings is 1. The summed E-state index contributed by atoms with van der Waals surface area (Å²) in [6.45, 7) is 2.97. The number of hydrogen-bond donors (Lipinski definition) is 1. The smallest absolute Gasteiger partial charge is 0.350 e. The minimum atomic E-state index is -3.55. The molecule has 0 bridgehead atoms. The molecule has 0 radical (unpaired) electrons. The summed E-state index contributed by atoms with van der Waals surface area (Å²) in [6, 6.07) is 15.0. The van der Waals surface area contributed by atoms with E-state index < -0.39 is 21.9 Å². The van der Waals surface area contributed by atoms with Crippen molar-refractivity contribution >= 4 is 38.4 Å². The van der Waals surface area contributed by atoms with Crippen LogP contribution in [0.5, 0.6) is 0 Å².